The summed E-state index contributed by atoms with van der Waals surface area (Å²) in [5.41, 5.74) is -0.705. The van der Waals surface area contributed by atoms with Crippen LogP contribution in [0, 0.1) is 0 Å². The fourth-order valence-corrected chi connectivity index (χ4v) is 2.13. The van der Waals surface area contributed by atoms with Crippen LogP contribution in [0.25, 0.3) is 11.0 Å². The Morgan fingerprint density at radius 1 is 1.17 bits per heavy atom. The average molecular weight is 332 g/mol. The van der Waals surface area contributed by atoms with Crippen molar-refractivity contribution in [3.63, 3.8) is 0 Å². The van der Waals surface area contributed by atoms with Gasteiger partial charge in [0.15, 0.2) is 5.75 Å². The van der Waals surface area contributed by atoms with E-state index in [9.17, 15) is 9.59 Å². The molecule has 0 spiro atoms. The zero-order chi connectivity index (χ0) is 16.4. The van der Waals surface area contributed by atoms with Gasteiger partial charge in [-0.2, -0.15) is 0 Å². The molecule has 0 saturated heterocycles. The third kappa shape index (κ3) is 3.17. The highest BCUT2D eigenvalue weighted by atomic mass is 35.5. The van der Waals surface area contributed by atoms with E-state index in [1.54, 1.807) is 18.2 Å². The molecule has 0 bridgehead atoms. The maximum atomic E-state index is 12.1. The quantitative estimate of drug-likeness (QED) is 0.542. The number of aromatic nitrogens is 1. The van der Waals surface area contributed by atoms with E-state index in [1.807, 2.05) is 0 Å². The fraction of sp³-hybridized carbons (Fsp3) is 0.0625. The van der Waals surface area contributed by atoms with Crippen molar-refractivity contribution in [2.45, 2.75) is 0 Å². The van der Waals surface area contributed by atoms with Crippen LogP contribution < -0.4 is 15.1 Å². The van der Waals surface area contributed by atoms with Gasteiger partial charge in [0, 0.05) is 23.7 Å². The second kappa shape index (κ2) is 6.10. The van der Waals surface area contributed by atoms with Crippen LogP contribution in [0.5, 0.6) is 11.5 Å². The number of fused-ring (bicyclic) bond motifs is 1. The van der Waals surface area contributed by atoms with Crippen LogP contribution in [0.15, 0.2) is 51.9 Å². The summed E-state index contributed by atoms with van der Waals surface area (Å²) in [6, 6.07) is 7.75. The van der Waals surface area contributed by atoms with E-state index in [0.717, 1.165) is 0 Å². The predicted octanol–water partition coefficient (Wildman–Crippen LogP) is 3.07. The van der Waals surface area contributed by atoms with E-state index in [0.29, 0.717) is 21.7 Å². The maximum Gasteiger partial charge on any atom is 0.351 e. The van der Waals surface area contributed by atoms with Gasteiger partial charge in [-0.3, -0.25) is 4.98 Å². The lowest BCUT2D eigenvalue weighted by molar-refractivity contribution is 0.0730. The van der Waals surface area contributed by atoms with Gasteiger partial charge in [0.2, 0.25) is 0 Å². The lowest BCUT2D eigenvalue weighted by Crippen LogP contribution is -2.18. The number of rotatable bonds is 3. The molecular weight excluding hydrogens is 322 g/mol. The molecule has 0 fully saturated rings. The van der Waals surface area contributed by atoms with Crippen molar-refractivity contribution in [1.29, 1.82) is 0 Å². The Balaban J connectivity index is 1.97. The van der Waals surface area contributed by atoms with E-state index in [2.05, 4.69) is 4.98 Å². The highest BCUT2D eigenvalue weighted by Gasteiger charge is 2.16. The summed E-state index contributed by atoms with van der Waals surface area (Å²) in [7, 11) is 1.50. The molecule has 116 valence electrons. The van der Waals surface area contributed by atoms with Crippen LogP contribution in [-0.4, -0.2) is 18.1 Å². The number of benzene rings is 1. The lowest BCUT2D eigenvalue weighted by Gasteiger charge is -2.05. The summed E-state index contributed by atoms with van der Waals surface area (Å²) in [6.45, 7) is 0. The number of ether oxygens (including phenoxy) is 2. The molecule has 0 atom stereocenters. The van der Waals surface area contributed by atoms with Gasteiger partial charge in [0.05, 0.1) is 18.3 Å². The number of pyridine rings is 1. The predicted molar refractivity (Wildman–Crippen MR) is 83.2 cm³/mol. The second-order valence-electron chi connectivity index (χ2n) is 4.58. The van der Waals surface area contributed by atoms with Crippen molar-refractivity contribution in [3.8, 4) is 11.5 Å². The first-order valence-electron chi connectivity index (χ1n) is 6.51. The van der Waals surface area contributed by atoms with Crippen molar-refractivity contribution in [2.75, 3.05) is 7.11 Å². The lowest BCUT2D eigenvalue weighted by atomic mass is 10.2. The van der Waals surface area contributed by atoms with Crippen LogP contribution in [0.1, 0.15) is 10.4 Å². The van der Waals surface area contributed by atoms with Gasteiger partial charge in [-0.25, -0.2) is 9.59 Å². The number of halogens is 1. The average Bonchev–Trinajstić information content (AvgIpc) is 2.53. The topological polar surface area (TPSA) is 78.6 Å². The first kappa shape index (κ1) is 15.1. The highest BCUT2D eigenvalue weighted by Crippen LogP contribution is 2.21. The van der Waals surface area contributed by atoms with Gasteiger partial charge < -0.3 is 13.9 Å². The number of carbonyl (C=O) groups is 1. The largest absolute Gasteiger partial charge is 0.497 e. The van der Waals surface area contributed by atoms with Gasteiger partial charge >= 0.3 is 11.6 Å². The molecule has 2 heterocycles. The van der Waals surface area contributed by atoms with Gasteiger partial charge in [-0.1, -0.05) is 11.6 Å². The number of nitrogens with zero attached hydrogens (tertiary/aromatic N) is 1. The number of carbonyl (C=O) groups excluding carboxylic acids is 1. The Labute approximate surface area is 135 Å². The maximum absolute atomic E-state index is 12.1. The van der Waals surface area contributed by atoms with Gasteiger partial charge in [0.1, 0.15) is 16.9 Å². The van der Waals surface area contributed by atoms with E-state index in [1.165, 1.54) is 31.6 Å². The Morgan fingerprint density at radius 3 is 2.74 bits per heavy atom. The minimum atomic E-state index is -0.847. The molecule has 6 nitrogen and oxygen atoms in total. The molecule has 23 heavy (non-hydrogen) atoms. The smallest absolute Gasteiger partial charge is 0.351 e. The number of hydrogen-bond donors (Lipinski definition) is 0. The van der Waals surface area contributed by atoms with Gasteiger partial charge in [-0.15, -0.1) is 0 Å². The molecule has 1 aromatic carbocycles. The first-order chi connectivity index (χ1) is 11.1. The van der Waals surface area contributed by atoms with E-state index in [-0.39, 0.29) is 11.3 Å². The molecule has 0 aliphatic carbocycles. The summed E-state index contributed by atoms with van der Waals surface area (Å²) in [5, 5.41) is 0.884. The van der Waals surface area contributed by atoms with E-state index >= 15 is 0 Å². The van der Waals surface area contributed by atoms with Gasteiger partial charge in [-0.05, 0) is 18.2 Å². The Kier molecular flexibility index (Phi) is 3.99. The molecule has 0 unspecified atom stereocenters. The van der Waals surface area contributed by atoms with Gasteiger partial charge in [0.25, 0.3) is 0 Å². The first-order valence-corrected chi connectivity index (χ1v) is 6.89. The molecule has 0 radical (unpaired) electrons. The van der Waals surface area contributed by atoms with Crippen LogP contribution in [0.2, 0.25) is 5.02 Å². The molecule has 3 aromatic rings. The summed E-state index contributed by atoms with van der Waals surface area (Å²) in [6.07, 6.45) is 2.72. The van der Waals surface area contributed by atoms with E-state index < -0.39 is 11.6 Å². The molecule has 0 amide bonds. The monoisotopic (exact) mass is 331 g/mol. The molecule has 3 rings (SSSR count). The normalized spacial score (nSPS) is 10.5. The summed E-state index contributed by atoms with van der Waals surface area (Å²) in [4.78, 5) is 27.9. The van der Waals surface area contributed by atoms with Crippen LogP contribution >= 0.6 is 11.6 Å². The summed E-state index contributed by atoms with van der Waals surface area (Å²) in [5.74, 6) is -0.168. The Hall–Kier alpha value is -2.86. The van der Waals surface area contributed by atoms with Crippen molar-refractivity contribution >= 4 is 28.5 Å². The number of esters is 1. The molecule has 0 N–H and O–H groups in total. The number of hydrogen-bond acceptors (Lipinski definition) is 6. The Morgan fingerprint density at radius 2 is 2.00 bits per heavy atom. The van der Waals surface area contributed by atoms with Crippen molar-refractivity contribution in [3.05, 3.63) is 63.7 Å². The molecular formula is C16H10ClNO5. The van der Waals surface area contributed by atoms with Crippen molar-refractivity contribution < 1.29 is 18.7 Å². The minimum absolute atomic E-state index is 0.136. The molecule has 0 saturated carbocycles. The highest BCUT2D eigenvalue weighted by molar-refractivity contribution is 6.30. The standard InChI is InChI=1S/C16H10ClNO5/c1-21-11-3-2-9-4-13(16(20)23-14(9)6-11)15(19)22-12-5-10(17)7-18-8-12/h2-8H,1H3. The van der Waals surface area contributed by atoms with Crippen molar-refractivity contribution in [2.24, 2.45) is 0 Å². The Bertz CT molecular complexity index is 951. The van der Waals surface area contributed by atoms with Crippen LogP contribution in [0.4, 0.5) is 0 Å². The van der Waals surface area contributed by atoms with E-state index in [4.69, 9.17) is 25.5 Å². The van der Waals surface area contributed by atoms with Crippen LogP contribution in [0.3, 0.4) is 0 Å². The fourth-order valence-electron chi connectivity index (χ4n) is 1.97. The minimum Gasteiger partial charge on any atom is -0.497 e. The molecule has 7 heteroatoms. The molecule has 0 aliphatic rings. The zero-order valence-electron chi connectivity index (χ0n) is 11.9. The molecule has 2 aromatic heterocycles. The third-order valence-corrected chi connectivity index (χ3v) is 3.26. The van der Waals surface area contributed by atoms with Crippen LogP contribution in [-0.2, 0) is 0 Å². The third-order valence-electron chi connectivity index (χ3n) is 3.05. The SMILES string of the molecule is COc1ccc2cc(C(=O)Oc3cncc(Cl)c3)c(=O)oc2c1. The van der Waals surface area contributed by atoms with Crippen molar-refractivity contribution in [1.82, 2.24) is 4.98 Å². The number of methoxy groups -OCH3 is 1. The molecule has 0 aliphatic heterocycles. The summed E-state index contributed by atoms with van der Waals surface area (Å²) >= 11 is 5.77. The summed E-state index contributed by atoms with van der Waals surface area (Å²) < 4.78 is 15.3. The second-order valence-corrected chi connectivity index (χ2v) is 5.02. The zero-order valence-corrected chi connectivity index (χ0v) is 12.7.